The van der Waals surface area contributed by atoms with Gasteiger partial charge in [0.25, 0.3) is 0 Å². The van der Waals surface area contributed by atoms with E-state index < -0.39 is 0 Å². The maximum atomic E-state index is 6.33. The molecule has 0 radical (unpaired) electrons. The summed E-state index contributed by atoms with van der Waals surface area (Å²) in [6, 6.07) is 4.57. The molecule has 4 rings (SSSR count). The molecule has 4 heterocycles. The molecule has 0 saturated carbocycles. The standard InChI is InChI=1S/C19H29NO4/c1-2-16(23-9-1)12-20-8-5-19-18(20)4-3-17(24-19)14-22-13-15-6-10-21-11-7-15/h1-2,9,15,17-19H,3-8,10-14H2/t17-,18?,19?/m0/s1. The van der Waals surface area contributed by atoms with E-state index in [9.17, 15) is 0 Å². The molecular formula is C19H29NO4. The minimum absolute atomic E-state index is 0.273. The van der Waals surface area contributed by atoms with Crippen LogP contribution in [0.25, 0.3) is 0 Å². The molecule has 0 aliphatic carbocycles. The topological polar surface area (TPSA) is 44.1 Å². The molecule has 0 amide bonds. The van der Waals surface area contributed by atoms with Crippen LogP contribution in [0.1, 0.15) is 37.9 Å². The van der Waals surface area contributed by atoms with Crippen LogP contribution in [0.3, 0.4) is 0 Å². The zero-order valence-corrected chi connectivity index (χ0v) is 14.4. The molecule has 3 saturated heterocycles. The number of fused-ring (bicyclic) bond motifs is 1. The van der Waals surface area contributed by atoms with Gasteiger partial charge in [-0.25, -0.2) is 0 Å². The van der Waals surface area contributed by atoms with Gasteiger partial charge in [-0.3, -0.25) is 4.90 Å². The second-order valence-corrected chi connectivity index (χ2v) is 7.37. The van der Waals surface area contributed by atoms with E-state index in [1.807, 2.05) is 6.07 Å². The van der Waals surface area contributed by atoms with Crippen molar-refractivity contribution in [3.05, 3.63) is 24.2 Å². The van der Waals surface area contributed by atoms with Gasteiger partial charge < -0.3 is 18.6 Å². The van der Waals surface area contributed by atoms with Crippen molar-refractivity contribution in [3.63, 3.8) is 0 Å². The second-order valence-electron chi connectivity index (χ2n) is 7.37. The highest BCUT2D eigenvalue weighted by molar-refractivity contribution is 5.01. The Bertz CT molecular complexity index is 486. The summed E-state index contributed by atoms with van der Waals surface area (Å²) in [5, 5.41) is 0. The summed E-state index contributed by atoms with van der Waals surface area (Å²) in [6.45, 7) is 5.40. The van der Waals surface area contributed by atoms with Gasteiger partial charge in [0.1, 0.15) is 5.76 Å². The summed E-state index contributed by atoms with van der Waals surface area (Å²) >= 11 is 0. The third-order valence-electron chi connectivity index (χ3n) is 5.69. The van der Waals surface area contributed by atoms with Gasteiger partial charge in [-0.15, -0.1) is 0 Å². The van der Waals surface area contributed by atoms with Crippen LogP contribution in [0, 0.1) is 5.92 Å². The van der Waals surface area contributed by atoms with Gasteiger partial charge >= 0.3 is 0 Å². The van der Waals surface area contributed by atoms with Crippen LogP contribution >= 0.6 is 0 Å². The molecule has 0 bridgehead atoms. The largest absolute Gasteiger partial charge is 0.468 e. The lowest BCUT2D eigenvalue weighted by atomic mass is 9.99. The van der Waals surface area contributed by atoms with Crippen molar-refractivity contribution in [1.82, 2.24) is 4.90 Å². The number of likely N-dealkylation sites (tertiary alicyclic amines) is 1. The van der Waals surface area contributed by atoms with Gasteiger partial charge in [-0.1, -0.05) is 0 Å². The van der Waals surface area contributed by atoms with E-state index in [-0.39, 0.29) is 6.10 Å². The van der Waals surface area contributed by atoms with Gasteiger partial charge in [-0.2, -0.15) is 0 Å². The van der Waals surface area contributed by atoms with Crippen LogP contribution in [-0.2, 0) is 20.8 Å². The predicted molar refractivity (Wildman–Crippen MR) is 89.8 cm³/mol. The van der Waals surface area contributed by atoms with Crippen molar-refractivity contribution >= 4 is 0 Å². The molecule has 1 aromatic rings. The Kier molecular flexibility index (Phi) is 5.53. The average Bonchev–Trinajstić information content (AvgIpc) is 3.26. The van der Waals surface area contributed by atoms with Gasteiger partial charge in [0.05, 0.1) is 31.6 Å². The van der Waals surface area contributed by atoms with Crippen LogP contribution in [-0.4, -0.2) is 56.1 Å². The van der Waals surface area contributed by atoms with Gasteiger partial charge in [-0.05, 0) is 50.2 Å². The molecule has 0 spiro atoms. The summed E-state index contributed by atoms with van der Waals surface area (Å²) in [5.41, 5.74) is 0. The van der Waals surface area contributed by atoms with Crippen LogP contribution < -0.4 is 0 Å². The van der Waals surface area contributed by atoms with Crippen LogP contribution in [0.2, 0.25) is 0 Å². The van der Waals surface area contributed by atoms with Crippen molar-refractivity contribution in [3.8, 4) is 0 Å². The van der Waals surface area contributed by atoms with Crippen molar-refractivity contribution in [2.75, 3.05) is 33.0 Å². The van der Waals surface area contributed by atoms with E-state index in [0.717, 1.165) is 71.0 Å². The highest BCUT2D eigenvalue weighted by Gasteiger charge is 2.40. The Labute approximate surface area is 144 Å². The Morgan fingerprint density at radius 1 is 1.08 bits per heavy atom. The van der Waals surface area contributed by atoms with E-state index in [0.29, 0.717) is 18.1 Å². The number of hydrogen-bond acceptors (Lipinski definition) is 5. The minimum Gasteiger partial charge on any atom is -0.468 e. The highest BCUT2D eigenvalue weighted by atomic mass is 16.5. The number of nitrogens with zero attached hydrogens (tertiary/aromatic N) is 1. The Hall–Kier alpha value is -0.880. The number of hydrogen-bond donors (Lipinski definition) is 0. The summed E-state index contributed by atoms with van der Waals surface area (Å²) < 4.78 is 23.2. The first-order valence-electron chi connectivity index (χ1n) is 9.46. The first-order valence-corrected chi connectivity index (χ1v) is 9.46. The number of ether oxygens (including phenoxy) is 3. The zero-order valence-electron chi connectivity index (χ0n) is 14.4. The normalized spacial score (nSPS) is 32.1. The molecule has 2 unspecified atom stereocenters. The van der Waals surface area contributed by atoms with Gasteiger partial charge in [0.15, 0.2) is 0 Å². The predicted octanol–water partition coefficient (Wildman–Crippen LogP) is 2.84. The number of rotatable bonds is 6. The molecule has 24 heavy (non-hydrogen) atoms. The van der Waals surface area contributed by atoms with E-state index >= 15 is 0 Å². The molecule has 3 aliphatic rings. The molecule has 5 heteroatoms. The quantitative estimate of drug-likeness (QED) is 0.800. The van der Waals surface area contributed by atoms with Gasteiger partial charge in [0, 0.05) is 32.4 Å². The Balaban J connectivity index is 1.19. The molecule has 1 aromatic heterocycles. The highest BCUT2D eigenvalue weighted by Crippen LogP contribution is 2.32. The fourth-order valence-electron chi connectivity index (χ4n) is 4.29. The lowest BCUT2D eigenvalue weighted by molar-refractivity contribution is -0.105. The molecule has 3 atom stereocenters. The van der Waals surface area contributed by atoms with E-state index in [2.05, 4.69) is 11.0 Å². The lowest BCUT2D eigenvalue weighted by Crippen LogP contribution is -2.43. The minimum atomic E-state index is 0.273. The third-order valence-corrected chi connectivity index (χ3v) is 5.69. The first kappa shape index (κ1) is 16.6. The zero-order chi connectivity index (χ0) is 16.2. The fourth-order valence-corrected chi connectivity index (χ4v) is 4.29. The summed E-state index contributed by atoms with van der Waals surface area (Å²) in [5.74, 6) is 1.72. The third kappa shape index (κ3) is 4.02. The summed E-state index contributed by atoms with van der Waals surface area (Å²) in [6.07, 6.45) is 8.10. The van der Waals surface area contributed by atoms with E-state index in [1.165, 1.54) is 6.42 Å². The lowest BCUT2D eigenvalue weighted by Gasteiger charge is -2.36. The van der Waals surface area contributed by atoms with Crippen LogP contribution in [0.15, 0.2) is 22.8 Å². The van der Waals surface area contributed by atoms with Crippen LogP contribution in [0.4, 0.5) is 0 Å². The average molecular weight is 335 g/mol. The fraction of sp³-hybridized carbons (Fsp3) is 0.789. The van der Waals surface area contributed by atoms with Crippen LogP contribution in [0.5, 0.6) is 0 Å². The Morgan fingerprint density at radius 2 is 2.00 bits per heavy atom. The SMILES string of the molecule is c1coc(CN2CCC3O[C@H](COCC4CCOCC4)CCC32)c1. The van der Waals surface area contributed by atoms with E-state index in [1.54, 1.807) is 6.26 Å². The Morgan fingerprint density at radius 3 is 2.83 bits per heavy atom. The summed E-state index contributed by atoms with van der Waals surface area (Å²) in [7, 11) is 0. The molecule has 0 aromatic carbocycles. The van der Waals surface area contributed by atoms with Crippen molar-refractivity contribution in [2.24, 2.45) is 5.92 Å². The van der Waals surface area contributed by atoms with Crippen molar-refractivity contribution < 1.29 is 18.6 Å². The monoisotopic (exact) mass is 335 g/mol. The molecule has 3 aliphatic heterocycles. The molecule has 134 valence electrons. The molecule has 5 nitrogen and oxygen atoms in total. The summed E-state index contributed by atoms with van der Waals surface area (Å²) in [4.78, 5) is 2.52. The molecule has 3 fully saturated rings. The van der Waals surface area contributed by atoms with E-state index in [4.69, 9.17) is 18.6 Å². The maximum Gasteiger partial charge on any atom is 0.117 e. The maximum absolute atomic E-state index is 6.33. The molecule has 0 N–H and O–H groups in total. The van der Waals surface area contributed by atoms with Crippen molar-refractivity contribution in [1.29, 1.82) is 0 Å². The smallest absolute Gasteiger partial charge is 0.117 e. The second kappa shape index (κ2) is 8.00. The number of furan rings is 1. The first-order chi connectivity index (χ1) is 11.9. The molecular weight excluding hydrogens is 306 g/mol. The van der Waals surface area contributed by atoms with Crippen molar-refractivity contribution in [2.45, 2.75) is 56.9 Å². The van der Waals surface area contributed by atoms with Gasteiger partial charge in [0.2, 0.25) is 0 Å².